The van der Waals surface area contributed by atoms with Crippen molar-refractivity contribution < 1.29 is 24.2 Å². The van der Waals surface area contributed by atoms with Gasteiger partial charge in [0.25, 0.3) is 0 Å². The Morgan fingerprint density at radius 2 is 1.94 bits per heavy atom. The topological polar surface area (TPSA) is 72.8 Å². The highest BCUT2D eigenvalue weighted by Gasteiger charge is 2.19. The van der Waals surface area contributed by atoms with E-state index in [1.165, 1.54) is 25.3 Å². The summed E-state index contributed by atoms with van der Waals surface area (Å²) in [7, 11) is 1.31. The van der Waals surface area contributed by atoms with Gasteiger partial charge in [-0.05, 0) is 19.1 Å². The number of carbonyl (C=O) groups excluding carboxylic acids is 1. The fourth-order valence-corrected chi connectivity index (χ4v) is 1.29. The molecule has 0 unspecified atom stereocenters. The number of rotatable bonds is 4. The van der Waals surface area contributed by atoms with Crippen molar-refractivity contribution in [1.29, 1.82) is 0 Å². The Balaban J connectivity index is 3.24. The molecule has 0 aromatic heterocycles. The summed E-state index contributed by atoms with van der Waals surface area (Å²) in [5.74, 6) is -1.72. The second kappa shape index (κ2) is 5.16. The maximum Gasteiger partial charge on any atom is 0.341 e. The number of para-hydroxylation sites is 1. The SMILES string of the molecule is CCOC(=O)c1cccc(C(=O)O)c1OC. The standard InChI is InChI=1S/C11H12O5/c1-3-16-11(14)8-6-4-5-7(10(12)13)9(8)15-2/h4-6H,3H2,1-2H3,(H,12,13). The first-order valence-electron chi connectivity index (χ1n) is 4.69. The van der Waals surface area contributed by atoms with E-state index in [0.717, 1.165) is 0 Å². The molecule has 5 heteroatoms. The molecule has 0 bridgehead atoms. The van der Waals surface area contributed by atoms with Gasteiger partial charge in [-0.2, -0.15) is 0 Å². The van der Waals surface area contributed by atoms with Crippen LogP contribution in [0.3, 0.4) is 0 Å². The predicted octanol–water partition coefficient (Wildman–Crippen LogP) is 1.57. The van der Waals surface area contributed by atoms with Crippen LogP contribution in [0.25, 0.3) is 0 Å². The maximum atomic E-state index is 11.5. The lowest BCUT2D eigenvalue weighted by atomic mass is 10.1. The van der Waals surface area contributed by atoms with Crippen LogP contribution in [0.5, 0.6) is 5.75 Å². The van der Waals surface area contributed by atoms with Gasteiger partial charge in [-0.15, -0.1) is 0 Å². The van der Waals surface area contributed by atoms with Gasteiger partial charge in [0.15, 0.2) is 0 Å². The second-order valence-corrected chi connectivity index (χ2v) is 2.91. The van der Waals surface area contributed by atoms with Crippen LogP contribution in [0.4, 0.5) is 0 Å². The number of methoxy groups -OCH3 is 1. The minimum Gasteiger partial charge on any atom is -0.495 e. The van der Waals surface area contributed by atoms with E-state index in [4.69, 9.17) is 14.6 Å². The second-order valence-electron chi connectivity index (χ2n) is 2.91. The molecule has 0 saturated heterocycles. The van der Waals surface area contributed by atoms with Gasteiger partial charge in [0.2, 0.25) is 0 Å². The Hall–Kier alpha value is -2.04. The first-order chi connectivity index (χ1) is 7.61. The molecule has 0 aliphatic heterocycles. The quantitative estimate of drug-likeness (QED) is 0.786. The van der Waals surface area contributed by atoms with Crippen molar-refractivity contribution in [2.45, 2.75) is 6.92 Å². The maximum absolute atomic E-state index is 11.5. The molecular weight excluding hydrogens is 212 g/mol. The zero-order chi connectivity index (χ0) is 12.1. The molecule has 1 N–H and O–H groups in total. The number of carboxylic acids is 1. The van der Waals surface area contributed by atoms with Gasteiger partial charge in [-0.3, -0.25) is 0 Å². The van der Waals surface area contributed by atoms with Crippen molar-refractivity contribution in [3.63, 3.8) is 0 Å². The summed E-state index contributed by atoms with van der Waals surface area (Å²) in [6.45, 7) is 1.89. The lowest BCUT2D eigenvalue weighted by molar-refractivity contribution is 0.0522. The highest BCUT2D eigenvalue weighted by Crippen LogP contribution is 2.24. The largest absolute Gasteiger partial charge is 0.495 e. The van der Waals surface area contributed by atoms with Crippen LogP contribution in [0.2, 0.25) is 0 Å². The van der Waals surface area contributed by atoms with E-state index in [1.54, 1.807) is 6.92 Å². The molecule has 16 heavy (non-hydrogen) atoms. The van der Waals surface area contributed by atoms with Crippen molar-refractivity contribution in [3.8, 4) is 5.75 Å². The van der Waals surface area contributed by atoms with Gasteiger partial charge in [0.05, 0.1) is 13.7 Å². The molecule has 1 aromatic carbocycles. The number of hydrogen-bond acceptors (Lipinski definition) is 4. The summed E-state index contributed by atoms with van der Waals surface area (Å²) in [6.07, 6.45) is 0. The molecule has 1 rings (SSSR count). The molecule has 86 valence electrons. The van der Waals surface area contributed by atoms with Crippen molar-refractivity contribution in [2.24, 2.45) is 0 Å². The van der Waals surface area contributed by atoms with Gasteiger partial charge in [-0.1, -0.05) is 6.07 Å². The summed E-state index contributed by atoms with van der Waals surface area (Å²) in [4.78, 5) is 22.4. The molecular formula is C11H12O5. The molecule has 0 fully saturated rings. The minimum atomic E-state index is -1.15. The van der Waals surface area contributed by atoms with Gasteiger partial charge >= 0.3 is 11.9 Å². The van der Waals surface area contributed by atoms with E-state index >= 15 is 0 Å². The fraction of sp³-hybridized carbons (Fsp3) is 0.273. The molecule has 0 amide bonds. The summed E-state index contributed by atoms with van der Waals surface area (Å²) in [5, 5.41) is 8.90. The molecule has 0 heterocycles. The van der Waals surface area contributed by atoms with Crippen molar-refractivity contribution in [2.75, 3.05) is 13.7 Å². The minimum absolute atomic E-state index is 0.0217. The average molecular weight is 224 g/mol. The number of ether oxygens (including phenoxy) is 2. The van der Waals surface area contributed by atoms with E-state index in [0.29, 0.717) is 0 Å². The van der Waals surface area contributed by atoms with E-state index < -0.39 is 11.9 Å². The van der Waals surface area contributed by atoms with Gasteiger partial charge in [0, 0.05) is 0 Å². The highest BCUT2D eigenvalue weighted by atomic mass is 16.5. The first-order valence-corrected chi connectivity index (χ1v) is 4.69. The Kier molecular flexibility index (Phi) is 3.88. The number of carbonyl (C=O) groups is 2. The molecule has 5 nitrogen and oxygen atoms in total. The zero-order valence-electron chi connectivity index (χ0n) is 9.02. The molecule has 1 aromatic rings. The molecule has 0 aliphatic rings. The number of aromatic carboxylic acids is 1. The van der Waals surface area contributed by atoms with E-state index in [-0.39, 0.29) is 23.5 Å². The lowest BCUT2D eigenvalue weighted by Gasteiger charge is -2.09. The monoisotopic (exact) mass is 224 g/mol. The van der Waals surface area contributed by atoms with E-state index in [1.807, 2.05) is 0 Å². The smallest absolute Gasteiger partial charge is 0.341 e. The molecule has 0 spiro atoms. The van der Waals surface area contributed by atoms with Crippen molar-refractivity contribution in [1.82, 2.24) is 0 Å². The Labute approximate surface area is 92.6 Å². The van der Waals surface area contributed by atoms with Crippen LogP contribution in [0.15, 0.2) is 18.2 Å². The predicted molar refractivity (Wildman–Crippen MR) is 55.9 cm³/mol. The lowest BCUT2D eigenvalue weighted by Crippen LogP contribution is -2.10. The Morgan fingerprint density at radius 1 is 1.31 bits per heavy atom. The number of hydrogen-bond donors (Lipinski definition) is 1. The summed E-state index contributed by atoms with van der Waals surface area (Å²) >= 11 is 0. The number of carboxylic acid groups (broad SMARTS) is 1. The molecule has 0 atom stereocenters. The van der Waals surface area contributed by atoms with Gasteiger partial charge in [-0.25, -0.2) is 9.59 Å². The van der Waals surface area contributed by atoms with E-state index in [9.17, 15) is 9.59 Å². The Morgan fingerprint density at radius 3 is 2.44 bits per heavy atom. The third kappa shape index (κ3) is 2.31. The van der Waals surface area contributed by atoms with Crippen LogP contribution in [0.1, 0.15) is 27.6 Å². The normalized spacial score (nSPS) is 9.62. The number of esters is 1. The average Bonchev–Trinajstić information content (AvgIpc) is 2.28. The summed E-state index contributed by atoms with van der Waals surface area (Å²) in [6, 6.07) is 4.30. The van der Waals surface area contributed by atoms with Gasteiger partial charge in [0.1, 0.15) is 16.9 Å². The third-order valence-corrected chi connectivity index (χ3v) is 1.94. The summed E-state index contributed by atoms with van der Waals surface area (Å²) < 4.78 is 9.72. The zero-order valence-corrected chi connectivity index (χ0v) is 9.02. The van der Waals surface area contributed by atoms with Gasteiger partial charge < -0.3 is 14.6 Å². The van der Waals surface area contributed by atoms with Crippen LogP contribution >= 0.6 is 0 Å². The third-order valence-electron chi connectivity index (χ3n) is 1.94. The van der Waals surface area contributed by atoms with Crippen LogP contribution < -0.4 is 4.74 Å². The van der Waals surface area contributed by atoms with Crippen molar-refractivity contribution >= 4 is 11.9 Å². The van der Waals surface area contributed by atoms with Crippen LogP contribution in [-0.2, 0) is 4.74 Å². The van der Waals surface area contributed by atoms with Crippen LogP contribution in [0, 0.1) is 0 Å². The van der Waals surface area contributed by atoms with Crippen molar-refractivity contribution in [3.05, 3.63) is 29.3 Å². The molecule has 0 saturated carbocycles. The highest BCUT2D eigenvalue weighted by molar-refractivity contribution is 5.99. The summed E-state index contributed by atoms with van der Waals surface area (Å²) in [5.41, 5.74) is 0.0531. The number of benzene rings is 1. The fourth-order valence-electron chi connectivity index (χ4n) is 1.29. The molecule has 0 radical (unpaired) electrons. The van der Waals surface area contributed by atoms with Crippen LogP contribution in [-0.4, -0.2) is 30.8 Å². The molecule has 0 aliphatic carbocycles. The first kappa shape index (κ1) is 12.0. The van der Waals surface area contributed by atoms with E-state index in [2.05, 4.69) is 0 Å². The Bertz CT molecular complexity index is 411.